The second kappa shape index (κ2) is 4.88. The summed E-state index contributed by atoms with van der Waals surface area (Å²) in [5.74, 6) is 2.92. The van der Waals surface area contributed by atoms with E-state index >= 15 is 0 Å². The van der Waals surface area contributed by atoms with Crippen LogP contribution in [0.1, 0.15) is 29.4 Å². The third kappa shape index (κ3) is 2.26. The first-order valence-corrected chi connectivity index (χ1v) is 6.53. The molecule has 1 aromatic heterocycles. The second-order valence-electron chi connectivity index (χ2n) is 4.73. The molecule has 1 unspecified atom stereocenters. The zero-order chi connectivity index (χ0) is 13.2. The smallest absolute Gasteiger partial charge is 0.138 e. The molecule has 3 rings (SSSR count). The van der Waals surface area contributed by atoms with E-state index in [1.165, 1.54) is 5.56 Å². The molecule has 0 fully saturated rings. The molecule has 0 saturated heterocycles. The number of fused-ring (bicyclic) bond motifs is 1. The molecule has 0 spiro atoms. The summed E-state index contributed by atoms with van der Waals surface area (Å²) in [7, 11) is 1.88. The highest BCUT2D eigenvalue weighted by molar-refractivity contribution is 5.43. The number of hydrogen-bond donors (Lipinski definition) is 1. The first-order chi connectivity index (χ1) is 9.28. The first-order valence-electron chi connectivity index (χ1n) is 6.53. The van der Waals surface area contributed by atoms with Crippen molar-refractivity contribution in [1.82, 2.24) is 9.97 Å². The highest BCUT2D eigenvalue weighted by atomic mass is 16.5. The van der Waals surface area contributed by atoms with Crippen LogP contribution in [0.5, 0.6) is 5.75 Å². The maximum absolute atomic E-state index is 5.69. The number of nitrogens with zero attached hydrogens (tertiary/aromatic N) is 2. The van der Waals surface area contributed by atoms with E-state index in [0.717, 1.165) is 29.5 Å². The van der Waals surface area contributed by atoms with Crippen LogP contribution in [0.15, 0.2) is 30.3 Å². The Bertz CT molecular complexity index is 598. The number of ether oxygens (including phenoxy) is 1. The van der Waals surface area contributed by atoms with Gasteiger partial charge in [0.15, 0.2) is 0 Å². The molecule has 4 heteroatoms. The summed E-state index contributed by atoms with van der Waals surface area (Å²) < 4.78 is 5.69. The van der Waals surface area contributed by atoms with Gasteiger partial charge in [0.2, 0.25) is 0 Å². The Morgan fingerprint density at radius 2 is 2.11 bits per heavy atom. The minimum absolute atomic E-state index is 0.219. The molecule has 1 atom stereocenters. The molecule has 0 aliphatic carbocycles. The van der Waals surface area contributed by atoms with Gasteiger partial charge in [-0.25, -0.2) is 9.97 Å². The fraction of sp³-hybridized carbons (Fsp3) is 0.333. The van der Waals surface area contributed by atoms with Gasteiger partial charge < -0.3 is 10.1 Å². The van der Waals surface area contributed by atoms with Crippen molar-refractivity contribution >= 4 is 5.82 Å². The third-order valence-electron chi connectivity index (χ3n) is 3.40. The number of aromatic nitrogens is 2. The predicted octanol–water partition coefficient (Wildman–Crippen LogP) is 2.74. The molecule has 4 nitrogen and oxygen atoms in total. The standard InChI is InChI=1S/C15H17N3O/c1-10-9-14(16-2)18-15(17-10)12-7-8-19-13-6-4-3-5-11(12)13/h3-6,9,12H,7-8H2,1-2H3,(H,16,17,18). The largest absolute Gasteiger partial charge is 0.493 e. The lowest BCUT2D eigenvalue weighted by Gasteiger charge is -2.25. The predicted molar refractivity (Wildman–Crippen MR) is 74.7 cm³/mol. The number of anilines is 1. The van der Waals surface area contributed by atoms with E-state index in [4.69, 9.17) is 4.74 Å². The molecule has 2 heterocycles. The van der Waals surface area contributed by atoms with E-state index < -0.39 is 0 Å². The van der Waals surface area contributed by atoms with Crippen LogP contribution in [-0.2, 0) is 0 Å². The minimum atomic E-state index is 0.219. The van der Waals surface area contributed by atoms with E-state index in [9.17, 15) is 0 Å². The van der Waals surface area contributed by atoms with Crippen LogP contribution in [0, 0.1) is 6.92 Å². The molecule has 1 aliphatic heterocycles. The van der Waals surface area contributed by atoms with Crippen LogP contribution in [0.3, 0.4) is 0 Å². The van der Waals surface area contributed by atoms with Crippen molar-refractivity contribution in [2.24, 2.45) is 0 Å². The number of benzene rings is 1. The van der Waals surface area contributed by atoms with Crippen LogP contribution in [0.2, 0.25) is 0 Å². The van der Waals surface area contributed by atoms with Crippen LogP contribution in [-0.4, -0.2) is 23.6 Å². The number of nitrogens with one attached hydrogen (secondary N) is 1. The zero-order valence-corrected chi connectivity index (χ0v) is 11.2. The molecule has 0 saturated carbocycles. The fourth-order valence-corrected chi connectivity index (χ4v) is 2.49. The van der Waals surface area contributed by atoms with Gasteiger partial charge in [0, 0.05) is 24.4 Å². The molecule has 0 radical (unpaired) electrons. The third-order valence-corrected chi connectivity index (χ3v) is 3.40. The van der Waals surface area contributed by atoms with Crippen LogP contribution in [0.25, 0.3) is 0 Å². The van der Waals surface area contributed by atoms with E-state index in [1.807, 2.05) is 38.2 Å². The summed E-state index contributed by atoms with van der Waals surface area (Å²) >= 11 is 0. The minimum Gasteiger partial charge on any atom is -0.493 e. The average Bonchev–Trinajstić information content (AvgIpc) is 2.46. The van der Waals surface area contributed by atoms with Crippen molar-refractivity contribution in [3.05, 3.63) is 47.4 Å². The van der Waals surface area contributed by atoms with Crippen molar-refractivity contribution in [2.75, 3.05) is 19.0 Å². The Labute approximate surface area is 112 Å². The molecule has 98 valence electrons. The van der Waals surface area contributed by atoms with Crippen molar-refractivity contribution in [3.63, 3.8) is 0 Å². The van der Waals surface area contributed by atoms with E-state index in [0.29, 0.717) is 6.61 Å². The van der Waals surface area contributed by atoms with Gasteiger partial charge in [-0.15, -0.1) is 0 Å². The average molecular weight is 255 g/mol. The monoisotopic (exact) mass is 255 g/mol. The van der Waals surface area contributed by atoms with Crippen molar-refractivity contribution in [2.45, 2.75) is 19.3 Å². The van der Waals surface area contributed by atoms with E-state index in [-0.39, 0.29) is 5.92 Å². The van der Waals surface area contributed by atoms with Gasteiger partial charge in [-0.3, -0.25) is 0 Å². The summed E-state index contributed by atoms with van der Waals surface area (Å²) in [4.78, 5) is 9.19. The van der Waals surface area contributed by atoms with Gasteiger partial charge in [-0.1, -0.05) is 18.2 Å². The van der Waals surface area contributed by atoms with Gasteiger partial charge in [-0.05, 0) is 19.4 Å². The molecule has 1 N–H and O–H groups in total. The van der Waals surface area contributed by atoms with Crippen LogP contribution < -0.4 is 10.1 Å². The summed E-state index contributed by atoms with van der Waals surface area (Å²) in [5.41, 5.74) is 2.17. The van der Waals surface area contributed by atoms with Gasteiger partial charge >= 0.3 is 0 Å². The second-order valence-corrected chi connectivity index (χ2v) is 4.73. The Hall–Kier alpha value is -2.10. The van der Waals surface area contributed by atoms with E-state index in [2.05, 4.69) is 21.4 Å². The van der Waals surface area contributed by atoms with Crippen molar-refractivity contribution in [1.29, 1.82) is 0 Å². The summed E-state index contributed by atoms with van der Waals surface area (Å²) in [6.07, 6.45) is 0.920. The molecule has 19 heavy (non-hydrogen) atoms. The van der Waals surface area contributed by atoms with Crippen molar-refractivity contribution in [3.8, 4) is 5.75 Å². The highest BCUT2D eigenvalue weighted by Crippen LogP contribution is 2.36. The normalized spacial score (nSPS) is 17.5. The molecule has 0 amide bonds. The summed E-state index contributed by atoms with van der Waals surface area (Å²) in [6, 6.07) is 10.1. The number of rotatable bonds is 2. The fourth-order valence-electron chi connectivity index (χ4n) is 2.49. The molecular weight excluding hydrogens is 238 g/mol. The molecule has 1 aliphatic rings. The van der Waals surface area contributed by atoms with E-state index in [1.54, 1.807) is 0 Å². The lowest BCUT2D eigenvalue weighted by molar-refractivity contribution is 0.274. The van der Waals surface area contributed by atoms with Gasteiger partial charge in [-0.2, -0.15) is 0 Å². The Morgan fingerprint density at radius 1 is 1.26 bits per heavy atom. The van der Waals surface area contributed by atoms with Crippen LogP contribution >= 0.6 is 0 Å². The molecule has 2 aromatic rings. The lowest BCUT2D eigenvalue weighted by Crippen LogP contribution is -2.18. The maximum atomic E-state index is 5.69. The summed E-state index contributed by atoms with van der Waals surface area (Å²) in [5, 5.41) is 3.09. The molecular formula is C15H17N3O. The zero-order valence-electron chi connectivity index (χ0n) is 11.2. The number of para-hydroxylation sites is 1. The topological polar surface area (TPSA) is 47.0 Å². The van der Waals surface area contributed by atoms with Crippen LogP contribution in [0.4, 0.5) is 5.82 Å². The van der Waals surface area contributed by atoms with Gasteiger partial charge in [0.25, 0.3) is 0 Å². The SMILES string of the molecule is CNc1cc(C)nc(C2CCOc3ccccc32)n1. The Kier molecular flexibility index (Phi) is 3.07. The lowest BCUT2D eigenvalue weighted by atomic mass is 9.92. The van der Waals surface area contributed by atoms with Gasteiger partial charge in [0.1, 0.15) is 17.4 Å². The summed E-state index contributed by atoms with van der Waals surface area (Å²) in [6.45, 7) is 2.71. The Balaban J connectivity index is 2.06. The van der Waals surface area contributed by atoms with Gasteiger partial charge in [0.05, 0.1) is 12.5 Å². The first kappa shape index (κ1) is 12.0. The maximum Gasteiger partial charge on any atom is 0.138 e. The highest BCUT2D eigenvalue weighted by Gasteiger charge is 2.25. The number of hydrogen-bond acceptors (Lipinski definition) is 4. The molecule has 0 bridgehead atoms. The molecule has 1 aromatic carbocycles. The quantitative estimate of drug-likeness (QED) is 0.896. The van der Waals surface area contributed by atoms with Crippen molar-refractivity contribution < 1.29 is 4.74 Å². The Morgan fingerprint density at radius 3 is 2.95 bits per heavy atom. The number of aryl methyl sites for hydroxylation is 1.